The molecule has 84 valence electrons. The maximum atomic E-state index is 10.2. The number of allylic oxidation sites excluding steroid dienone is 1. The minimum absolute atomic E-state index is 0.638. The Morgan fingerprint density at radius 3 is 3.07 bits per heavy atom. The van der Waals surface area contributed by atoms with Crippen LogP contribution in [0.2, 0.25) is 0 Å². The van der Waals surface area contributed by atoms with Crippen molar-refractivity contribution in [2.45, 2.75) is 32.1 Å². The summed E-state index contributed by atoms with van der Waals surface area (Å²) in [5.41, 5.74) is 1.55. The lowest BCUT2D eigenvalue weighted by Crippen LogP contribution is -2.16. The fourth-order valence-electron chi connectivity index (χ4n) is 1.73. The first kappa shape index (κ1) is 12.0. The van der Waals surface area contributed by atoms with Crippen LogP contribution in [0.5, 0.6) is 0 Å². The molecule has 0 fully saturated rings. The Labute approximate surface area is 90.9 Å². The van der Waals surface area contributed by atoms with Crippen molar-refractivity contribution in [2.24, 2.45) is 0 Å². The van der Waals surface area contributed by atoms with Gasteiger partial charge in [-0.1, -0.05) is 17.7 Å². The van der Waals surface area contributed by atoms with Crippen LogP contribution in [-0.2, 0) is 4.79 Å². The third kappa shape index (κ3) is 6.07. The zero-order chi connectivity index (χ0) is 10.9. The quantitative estimate of drug-likeness (QED) is 0.400. The number of rotatable bonds is 6. The van der Waals surface area contributed by atoms with Crippen molar-refractivity contribution in [3.05, 3.63) is 23.8 Å². The number of carboxylic acids is 1. The summed E-state index contributed by atoms with van der Waals surface area (Å²) in [7, 11) is 0. The third-order valence-electron chi connectivity index (χ3n) is 2.53. The highest BCUT2D eigenvalue weighted by atomic mass is 16.4. The van der Waals surface area contributed by atoms with E-state index in [1.165, 1.54) is 31.8 Å². The van der Waals surface area contributed by atoms with Gasteiger partial charge in [0, 0.05) is 12.6 Å². The van der Waals surface area contributed by atoms with Gasteiger partial charge in [0.2, 0.25) is 0 Å². The Kier molecular flexibility index (Phi) is 5.78. The molecule has 0 aromatic heterocycles. The van der Waals surface area contributed by atoms with E-state index >= 15 is 0 Å². The Morgan fingerprint density at radius 1 is 1.53 bits per heavy atom. The van der Waals surface area contributed by atoms with Gasteiger partial charge in [-0.15, -0.1) is 0 Å². The normalized spacial score (nSPS) is 16.7. The van der Waals surface area contributed by atoms with Crippen molar-refractivity contribution < 1.29 is 9.90 Å². The predicted molar refractivity (Wildman–Crippen MR) is 60.8 cm³/mol. The molecule has 15 heavy (non-hydrogen) atoms. The standard InChI is InChI=1S/C12H19NO2/c14-12(15)7-4-9-13-10-8-11-5-2-1-3-6-11/h4-5,7,13H,1-3,6,8-10H2,(H,14,15)/b7-4+. The van der Waals surface area contributed by atoms with Crippen LogP contribution in [0.1, 0.15) is 32.1 Å². The zero-order valence-corrected chi connectivity index (χ0v) is 9.04. The molecular weight excluding hydrogens is 190 g/mol. The number of hydrogen-bond donors (Lipinski definition) is 2. The van der Waals surface area contributed by atoms with Crippen molar-refractivity contribution in [1.82, 2.24) is 5.32 Å². The molecule has 3 heteroatoms. The van der Waals surface area contributed by atoms with E-state index < -0.39 is 5.97 Å². The highest BCUT2D eigenvalue weighted by Gasteiger charge is 2.02. The fraction of sp³-hybridized carbons (Fsp3) is 0.583. The van der Waals surface area contributed by atoms with Gasteiger partial charge in [-0.3, -0.25) is 0 Å². The van der Waals surface area contributed by atoms with Crippen LogP contribution in [0.4, 0.5) is 0 Å². The molecule has 0 amide bonds. The summed E-state index contributed by atoms with van der Waals surface area (Å²) in [6.45, 7) is 1.58. The van der Waals surface area contributed by atoms with Crippen molar-refractivity contribution >= 4 is 5.97 Å². The first-order valence-corrected chi connectivity index (χ1v) is 5.57. The molecule has 0 atom stereocenters. The van der Waals surface area contributed by atoms with Crippen LogP contribution < -0.4 is 5.32 Å². The molecule has 1 aliphatic rings. The summed E-state index contributed by atoms with van der Waals surface area (Å²) in [6.07, 6.45) is 11.4. The molecule has 0 bridgehead atoms. The van der Waals surface area contributed by atoms with E-state index in [0.29, 0.717) is 6.54 Å². The monoisotopic (exact) mass is 209 g/mol. The van der Waals surface area contributed by atoms with E-state index in [1.54, 1.807) is 11.6 Å². The number of nitrogens with one attached hydrogen (secondary N) is 1. The minimum Gasteiger partial charge on any atom is -0.478 e. The molecule has 0 unspecified atom stereocenters. The topological polar surface area (TPSA) is 49.3 Å². The average Bonchev–Trinajstić information content (AvgIpc) is 2.24. The van der Waals surface area contributed by atoms with Gasteiger partial charge in [0.15, 0.2) is 0 Å². The Bertz CT molecular complexity index is 256. The summed E-state index contributed by atoms with van der Waals surface area (Å²) in [6, 6.07) is 0. The first-order chi connectivity index (χ1) is 7.29. The SMILES string of the molecule is O=C(O)/C=C/CNCCC1=CCCCC1. The highest BCUT2D eigenvalue weighted by molar-refractivity contribution is 5.79. The molecule has 0 radical (unpaired) electrons. The van der Waals surface area contributed by atoms with E-state index in [2.05, 4.69) is 11.4 Å². The second kappa shape index (κ2) is 7.23. The molecule has 0 spiro atoms. The van der Waals surface area contributed by atoms with Crippen LogP contribution >= 0.6 is 0 Å². The van der Waals surface area contributed by atoms with Crippen molar-refractivity contribution in [3.8, 4) is 0 Å². The van der Waals surface area contributed by atoms with Crippen molar-refractivity contribution in [3.63, 3.8) is 0 Å². The van der Waals surface area contributed by atoms with Gasteiger partial charge in [0.05, 0.1) is 0 Å². The summed E-state index contributed by atoms with van der Waals surface area (Å²) >= 11 is 0. The molecule has 1 aliphatic carbocycles. The van der Waals surface area contributed by atoms with Crippen LogP contribution in [-0.4, -0.2) is 24.2 Å². The van der Waals surface area contributed by atoms with Gasteiger partial charge in [0.1, 0.15) is 0 Å². The third-order valence-corrected chi connectivity index (χ3v) is 2.53. The molecule has 0 saturated carbocycles. The Hall–Kier alpha value is -1.09. The molecule has 2 N–H and O–H groups in total. The van der Waals surface area contributed by atoms with Crippen LogP contribution in [0.3, 0.4) is 0 Å². The second-order valence-corrected chi connectivity index (χ2v) is 3.80. The Balaban J connectivity index is 2.01. The molecule has 0 aromatic rings. The van der Waals surface area contributed by atoms with Crippen LogP contribution in [0, 0.1) is 0 Å². The van der Waals surface area contributed by atoms with E-state index in [-0.39, 0.29) is 0 Å². The van der Waals surface area contributed by atoms with Gasteiger partial charge in [-0.25, -0.2) is 4.79 Å². The number of carbonyl (C=O) groups is 1. The number of hydrogen-bond acceptors (Lipinski definition) is 2. The molecule has 0 aliphatic heterocycles. The maximum absolute atomic E-state index is 10.2. The van der Waals surface area contributed by atoms with Crippen LogP contribution in [0.15, 0.2) is 23.8 Å². The van der Waals surface area contributed by atoms with Crippen molar-refractivity contribution in [1.29, 1.82) is 0 Å². The van der Waals surface area contributed by atoms with Gasteiger partial charge in [-0.05, 0) is 38.6 Å². The van der Waals surface area contributed by atoms with Gasteiger partial charge in [0.25, 0.3) is 0 Å². The largest absolute Gasteiger partial charge is 0.478 e. The highest BCUT2D eigenvalue weighted by Crippen LogP contribution is 2.19. The second-order valence-electron chi connectivity index (χ2n) is 3.80. The molecule has 0 heterocycles. The summed E-state index contributed by atoms with van der Waals surface area (Å²) in [5, 5.41) is 11.5. The molecule has 3 nitrogen and oxygen atoms in total. The number of carboxylic acid groups (broad SMARTS) is 1. The van der Waals surface area contributed by atoms with E-state index in [0.717, 1.165) is 13.0 Å². The zero-order valence-electron chi connectivity index (χ0n) is 9.04. The minimum atomic E-state index is -0.883. The fourth-order valence-corrected chi connectivity index (χ4v) is 1.73. The van der Waals surface area contributed by atoms with Gasteiger partial charge >= 0.3 is 5.97 Å². The number of aliphatic carboxylic acids is 1. The van der Waals surface area contributed by atoms with E-state index in [1.807, 2.05) is 0 Å². The van der Waals surface area contributed by atoms with Gasteiger partial charge < -0.3 is 10.4 Å². The molecular formula is C12H19NO2. The van der Waals surface area contributed by atoms with E-state index in [9.17, 15) is 4.79 Å². The smallest absolute Gasteiger partial charge is 0.328 e. The lowest BCUT2D eigenvalue weighted by Gasteiger charge is -2.12. The first-order valence-electron chi connectivity index (χ1n) is 5.57. The maximum Gasteiger partial charge on any atom is 0.328 e. The molecule has 0 aromatic carbocycles. The summed E-state index contributed by atoms with van der Waals surface area (Å²) in [4.78, 5) is 10.2. The Morgan fingerprint density at radius 2 is 2.40 bits per heavy atom. The summed E-state index contributed by atoms with van der Waals surface area (Å²) in [5.74, 6) is -0.883. The van der Waals surface area contributed by atoms with Crippen LogP contribution in [0.25, 0.3) is 0 Å². The lowest BCUT2D eigenvalue weighted by molar-refractivity contribution is -0.131. The van der Waals surface area contributed by atoms with E-state index in [4.69, 9.17) is 5.11 Å². The molecule has 1 rings (SSSR count). The summed E-state index contributed by atoms with van der Waals surface area (Å²) < 4.78 is 0. The van der Waals surface area contributed by atoms with Gasteiger partial charge in [-0.2, -0.15) is 0 Å². The lowest BCUT2D eigenvalue weighted by atomic mass is 9.97. The van der Waals surface area contributed by atoms with Crippen molar-refractivity contribution in [2.75, 3.05) is 13.1 Å². The predicted octanol–water partition coefficient (Wildman–Crippen LogP) is 2.11. The average molecular weight is 209 g/mol. The molecule has 0 saturated heterocycles.